The highest BCUT2D eigenvalue weighted by atomic mass is 16.5. The van der Waals surface area contributed by atoms with Crippen molar-refractivity contribution in [3.8, 4) is 11.1 Å². The summed E-state index contributed by atoms with van der Waals surface area (Å²) in [7, 11) is 1.46. The number of fused-ring (bicyclic) bond motifs is 3. The Balaban J connectivity index is 1.70. The number of alkyl carbamates (subject to hydrolysis) is 1. The van der Waals surface area contributed by atoms with Crippen molar-refractivity contribution < 1.29 is 24.2 Å². The van der Waals surface area contributed by atoms with Crippen LogP contribution in [0.15, 0.2) is 48.5 Å². The number of amides is 2. The molecular weight excluding hydrogens is 432 g/mol. The molecule has 0 spiro atoms. The number of carbonyl (C=O) groups excluding carboxylic acids is 2. The van der Waals surface area contributed by atoms with Crippen LogP contribution in [0.4, 0.5) is 4.79 Å². The number of hydrogen-bond donors (Lipinski definition) is 2. The quantitative estimate of drug-likeness (QED) is 0.531. The van der Waals surface area contributed by atoms with Gasteiger partial charge in [-0.1, -0.05) is 69.3 Å². The molecule has 7 heteroatoms. The van der Waals surface area contributed by atoms with Crippen LogP contribution in [0, 0.1) is 5.92 Å². The van der Waals surface area contributed by atoms with Crippen molar-refractivity contribution >= 4 is 18.0 Å². The van der Waals surface area contributed by atoms with Gasteiger partial charge in [-0.25, -0.2) is 9.59 Å². The third-order valence-electron chi connectivity index (χ3n) is 6.45. The van der Waals surface area contributed by atoms with Crippen LogP contribution in [-0.4, -0.2) is 53.7 Å². The second-order valence-corrected chi connectivity index (χ2v) is 9.21. The molecule has 0 radical (unpaired) electrons. The molecule has 2 amide bonds. The van der Waals surface area contributed by atoms with Gasteiger partial charge in [-0.05, 0) is 47.4 Å². The third-order valence-corrected chi connectivity index (χ3v) is 6.45. The number of nitrogens with zero attached hydrogens (tertiary/aromatic N) is 1. The molecule has 182 valence electrons. The summed E-state index contributed by atoms with van der Waals surface area (Å²) < 4.78 is 5.60. The fourth-order valence-corrected chi connectivity index (χ4v) is 4.55. The zero-order valence-corrected chi connectivity index (χ0v) is 20.3. The number of carbonyl (C=O) groups is 3. The van der Waals surface area contributed by atoms with Crippen molar-refractivity contribution in [2.24, 2.45) is 5.92 Å². The average Bonchev–Trinajstić information content (AvgIpc) is 3.13. The highest BCUT2D eigenvalue weighted by Crippen LogP contribution is 2.44. The molecule has 0 saturated carbocycles. The van der Waals surface area contributed by atoms with E-state index in [1.54, 1.807) is 6.92 Å². The van der Waals surface area contributed by atoms with Gasteiger partial charge in [0.1, 0.15) is 18.7 Å². The highest BCUT2D eigenvalue weighted by Gasteiger charge is 2.32. The molecule has 1 aliphatic rings. The third kappa shape index (κ3) is 5.58. The zero-order chi connectivity index (χ0) is 24.8. The Labute approximate surface area is 201 Å². The van der Waals surface area contributed by atoms with E-state index >= 15 is 0 Å². The summed E-state index contributed by atoms with van der Waals surface area (Å²) >= 11 is 0. The lowest BCUT2D eigenvalue weighted by Crippen LogP contribution is -2.52. The van der Waals surface area contributed by atoms with Crippen molar-refractivity contribution in [1.82, 2.24) is 10.2 Å². The first kappa shape index (κ1) is 25.3. The Kier molecular flexibility index (Phi) is 8.31. The van der Waals surface area contributed by atoms with Gasteiger partial charge in [0.15, 0.2) is 0 Å². The van der Waals surface area contributed by atoms with Gasteiger partial charge in [-0.15, -0.1) is 0 Å². The molecule has 7 nitrogen and oxygen atoms in total. The molecule has 2 atom stereocenters. The fourth-order valence-electron chi connectivity index (χ4n) is 4.55. The van der Waals surface area contributed by atoms with Gasteiger partial charge >= 0.3 is 12.1 Å². The average molecular weight is 467 g/mol. The van der Waals surface area contributed by atoms with Crippen molar-refractivity contribution in [2.75, 3.05) is 13.7 Å². The molecule has 2 aromatic rings. The smallest absolute Gasteiger partial charge is 0.407 e. The van der Waals surface area contributed by atoms with Crippen LogP contribution in [0.3, 0.4) is 0 Å². The highest BCUT2D eigenvalue weighted by molar-refractivity contribution is 5.89. The first-order valence-electron chi connectivity index (χ1n) is 11.9. The molecule has 34 heavy (non-hydrogen) atoms. The monoisotopic (exact) mass is 466 g/mol. The van der Waals surface area contributed by atoms with Crippen molar-refractivity contribution in [1.29, 1.82) is 0 Å². The lowest BCUT2D eigenvalue weighted by molar-refractivity contribution is -0.150. The van der Waals surface area contributed by atoms with E-state index in [4.69, 9.17) is 4.74 Å². The molecule has 3 rings (SSSR count). The largest absolute Gasteiger partial charge is 0.480 e. The molecule has 1 aliphatic carbocycles. The van der Waals surface area contributed by atoms with Crippen LogP contribution in [0.25, 0.3) is 11.1 Å². The van der Waals surface area contributed by atoms with Crippen LogP contribution in [0.1, 0.15) is 57.1 Å². The van der Waals surface area contributed by atoms with Gasteiger partial charge in [0, 0.05) is 13.0 Å². The number of aliphatic carboxylic acids is 1. The summed E-state index contributed by atoms with van der Waals surface area (Å²) in [5.41, 5.74) is 4.49. The Bertz CT molecular complexity index is 990. The van der Waals surface area contributed by atoms with E-state index in [-0.39, 0.29) is 18.9 Å². The topological polar surface area (TPSA) is 95.9 Å². The summed E-state index contributed by atoms with van der Waals surface area (Å²) in [5, 5.41) is 12.1. The van der Waals surface area contributed by atoms with E-state index in [2.05, 4.69) is 17.4 Å². The first-order valence-corrected chi connectivity index (χ1v) is 11.9. The molecule has 0 fully saturated rings. The summed E-state index contributed by atoms with van der Waals surface area (Å²) in [6.07, 6.45) is 0.707. The Morgan fingerprint density at radius 1 is 1.00 bits per heavy atom. The molecule has 2 N–H and O–H groups in total. The van der Waals surface area contributed by atoms with E-state index in [1.165, 1.54) is 11.9 Å². The Morgan fingerprint density at radius 2 is 1.56 bits per heavy atom. The number of carboxylic acid groups (broad SMARTS) is 1. The van der Waals surface area contributed by atoms with Crippen molar-refractivity contribution in [3.63, 3.8) is 0 Å². The van der Waals surface area contributed by atoms with Gasteiger partial charge in [-0.2, -0.15) is 0 Å². The number of nitrogens with one attached hydrogen (secondary N) is 1. The normalized spacial score (nSPS) is 14.1. The maximum absolute atomic E-state index is 13.1. The van der Waals surface area contributed by atoms with Gasteiger partial charge in [0.2, 0.25) is 5.91 Å². The second kappa shape index (κ2) is 11.2. The number of benzene rings is 2. The van der Waals surface area contributed by atoms with Crippen LogP contribution < -0.4 is 5.32 Å². The van der Waals surface area contributed by atoms with E-state index in [1.807, 2.05) is 50.2 Å². The van der Waals surface area contributed by atoms with Gasteiger partial charge in [-0.3, -0.25) is 4.79 Å². The number of likely N-dealkylation sites (N-methyl/N-ethyl adjacent to an activating group) is 1. The minimum atomic E-state index is -1.07. The van der Waals surface area contributed by atoms with Crippen molar-refractivity contribution in [2.45, 2.75) is 58.0 Å². The zero-order valence-electron chi connectivity index (χ0n) is 20.3. The number of hydrogen-bond acceptors (Lipinski definition) is 4. The molecule has 2 aromatic carbocycles. The summed E-state index contributed by atoms with van der Waals surface area (Å²) in [6, 6.07) is 14.4. The minimum Gasteiger partial charge on any atom is -0.480 e. The van der Waals surface area contributed by atoms with Gasteiger partial charge < -0.3 is 20.1 Å². The molecule has 0 aromatic heterocycles. The molecule has 0 aliphatic heterocycles. The van der Waals surface area contributed by atoms with Gasteiger partial charge in [0.05, 0.1) is 0 Å². The maximum atomic E-state index is 13.1. The lowest BCUT2D eigenvalue weighted by atomic mass is 9.98. The minimum absolute atomic E-state index is 0.0814. The van der Waals surface area contributed by atoms with E-state index in [0.29, 0.717) is 18.8 Å². The van der Waals surface area contributed by atoms with Crippen LogP contribution in [0.2, 0.25) is 0 Å². The number of carboxylic acids is 1. The standard InChI is InChI=1S/C27H34N2O5/c1-5-24(26(31)32)29(4)25(30)23(15-14-17(2)3)28-27(33)34-16-22-20-12-8-6-10-18(20)19-11-7-9-13-21(19)22/h6-13,17,22-24H,5,14-16H2,1-4H3,(H,28,33)(H,31,32). The summed E-state index contributed by atoms with van der Waals surface area (Å²) in [4.78, 5) is 38.6. The van der Waals surface area contributed by atoms with E-state index in [0.717, 1.165) is 22.3 Å². The van der Waals surface area contributed by atoms with Crippen LogP contribution in [-0.2, 0) is 14.3 Å². The molecule has 0 saturated heterocycles. The summed E-state index contributed by atoms with van der Waals surface area (Å²) in [5.74, 6) is -1.25. The lowest BCUT2D eigenvalue weighted by Gasteiger charge is -2.29. The Morgan fingerprint density at radius 3 is 2.06 bits per heavy atom. The predicted molar refractivity (Wildman–Crippen MR) is 131 cm³/mol. The first-order chi connectivity index (χ1) is 16.2. The maximum Gasteiger partial charge on any atom is 0.407 e. The van der Waals surface area contributed by atoms with E-state index < -0.39 is 30.1 Å². The van der Waals surface area contributed by atoms with Gasteiger partial charge in [0.25, 0.3) is 0 Å². The predicted octanol–water partition coefficient (Wildman–Crippen LogP) is 4.65. The molecule has 0 heterocycles. The van der Waals surface area contributed by atoms with Crippen LogP contribution in [0.5, 0.6) is 0 Å². The molecular formula is C27H34N2O5. The molecule has 0 bridgehead atoms. The second-order valence-electron chi connectivity index (χ2n) is 9.21. The number of ether oxygens (including phenoxy) is 1. The number of rotatable bonds is 10. The molecule has 2 unspecified atom stereocenters. The Hall–Kier alpha value is -3.35. The van der Waals surface area contributed by atoms with Crippen LogP contribution >= 0.6 is 0 Å². The van der Waals surface area contributed by atoms with Crippen molar-refractivity contribution in [3.05, 3.63) is 59.7 Å². The van der Waals surface area contributed by atoms with E-state index in [9.17, 15) is 19.5 Å². The fraction of sp³-hybridized carbons (Fsp3) is 0.444. The SMILES string of the molecule is CCC(C(=O)O)N(C)C(=O)C(CCC(C)C)NC(=O)OCC1c2ccccc2-c2ccccc21. The summed E-state index contributed by atoms with van der Waals surface area (Å²) in [6.45, 7) is 5.92.